The molecule has 1 rings (SSSR count). The van der Waals surface area contributed by atoms with E-state index in [9.17, 15) is 27.2 Å². The molecule has 4 nitrogen and oxygen atoms in total. The summed E-state index contributed by atoms with van der Waals surface area (Å²) >= 11 is 0. The molecule has 0 aliphatic carbocycles. The van der Waals surface area contributed by atoms with Gasteiger partial charge in [-0.3, -0.25) is 9.59 Å². The average Bonchev–Trinajstić information content (AvgIpc) is 2.42. The van der Waals surface area contributed by atoms with Gasteiger partial charge in [-0.1, -0.05) is 0 Å². The van der Waals surface area contributed by atoms with Gasteiger partial charge in [-0.25, -0.2) is 17.6 Å². The SMILES string of the molecule is NCC(F)(F)CNC(=O)CCC(=O)c1ccc(F)cc1F. The number of hydrogen-bond donors (Lipinski definition) is 2. The van der Waals surface area contributed by atoms with Gasteiger partial charge in [0.15, 0.2) is 5.78 Å². The second kappa shape index (κ2) is 7.16. The normalized spacial score (nSPS) is 11.3. The molecule has 3 N–H and O–H groups in total. The molecule has 0 unspecified atom stereocenters. The zero-order chi connectivity index (χ0) is 16.0. The fraction of sp³-hybridized carbons (Fsp3) is 0.385. The molecular weight excluding hydrogens is 292 g/mol. The molecule has 21 heavy (non-hydrogen) atoms. The summed E-state index contributed by atoms with van der Waals surface area (Å²) in [5.41, 5.74) is 4.44. The molecule has 0 fully saturated rings. The largest absolute Gasteiger partial charge is 0.350 e. The predicted octanol–water partition coefficient (Wildman–Crippen LogP) is 1.64. The van der Waals surface area contributed by atoms with E-state index in [4.69, 9.17) is 5.73 Å². The summed E-state index contributed by atoms with van der Waals surface area (Å²) in [7, 11) is 0. The molecule has 0 saturated heterocycles. The van der Waals surface area contributed by atoms with Crippen LogP contribution >= 0.6 is 0 Å². The second-order valence-corrected chi connectivity index (χ2v) is 4.38. The van der Waals surface area contributed by atoms with Crippen molar-refractivity contribution in [1.29, 1.82) is 0 Å². The van der Waals surface area contributed by atoms with E-state index in [1.165, 1.54) is 0 Å². The van der Waals surface area contributed by atoms with E-state index in [-0.39, 0.29) is 18.4 Å². The first-order valence-electron chi connectivity index (χ1n) is 6.08. The molecule has 0 spiro atoms. The topological polar surface area (TPSA) is 72.2 Å². The number of ketones is 1. The lowest BCUT2D eigenvalue weighted by molar-refractivity contribution is -0.122. The lowest BCUT2D eigenvalue weighted by atomic mass is 10.1. The Morgan fingerprint density at radius 2 is 1.86 bits per heavy atom. The van der Waals surface area contributed by atoms with Crippen molar-refractivity contribution >= 4 is 11.7 Å². The van der Waals surface area contributed by atoms with E-state index >= 15 is 0 Å². The van der Waals surface area contributed by atoms with Crippen LogP contribution in [-0.2, 0) is 4.79 Å². The molecule has 0 bridgehead atoms. The van der Waals surface area contributed by atoms with Crippen LogP contribution < -0.4 is 11.1 Å². The molecule has 0 radical (unpaired) electrons. The van der Waals surface area contributed by atoms with Gasteiger partial charge in [-0.2, -0.15) is 0 Å². The van der Waals surface area contributed by atoms with Crippen molar-refractivity contribution in [2.45, 2.75) is 18.8 Å². The molecule has 116 valence electrons. The van der Waals surface area contributed by atoms with Gasteiger partial charge < -0.3 is 11.1 Å². The Balaban J connectivity index is 2.48. The number of amides is 1. The number of carbonyl (C=O) groups is 2. The van der Waals surface area contributed by atoms with E-state index in [1.54, 1.807) is 0 Å². The molecule has 0 heterocycles. The summed E-state index contributed by atoms with van der Waals surface area (Å²) in [4.78, 5) is 22.9. The van der Waals surface area contributed by atoms with Gasteiger partial charge in [0.1, 0.15) is 11.6 Å². The summed E-state index contributed by atoms with van der Waals surface area (Å²) in [5, 5.41) is 1.93. The molecule has 0 aliphatic rings. The maximum Gasteiger partial charge on any atom is 0.277 e. The smallest absolute Gasteiger partial charge is 0.277 e. The molecule has 8 heteroatoms. The summed E-state index contributed by atoms with van der Waals surface area (Å²) in [6.45, 7) is -1.84. The fourth-order valence-corrected chi connectivity index (χ4v) is 1.47. The van der Waals surface area contributed by atoms with Crippen molar-refractivity contribution in [3.8, 4) is 0 Å². The molecule has 1 aromatic rings. The van der Waals surface area contributed by atoms with Gasteiger partial charge in [-0.05, 0) is 12.1 Å². The molecule has 1 aromatic carbocycles. The van der Waals surface area contributed by atoms with Gasteiger partial charge in [0.25, 0.3) is 5.92 Å². The summed E-state index contributed by atoms with van der Waals surface area (Å²) in [5.74, 6) is -6.57. The Kier molecular flexibility index (Phi) is 5.83. The number of rotatable bonds is 7. The van der Waals surface area contributed by atoms with Crippen LogP contribution in [0.25, 0.3) is 0 Å². The first-order valence-corrected chi connectivity index (χ1v) is 6.08. The van der Waals surface area contributed by atoms with E-state index in [2.05, 4.69) is 0 Å². The van der Waals surface area contributed by atoms with Crippen molar-refractivity contribution in [3.05, 3.63) is 35.4 Å². The molecule has 0 aliphatic heterocycles. The highest BCUT2D eigenvalue weighted by Crippen LogP contribution is 2.13. The van der Waals surface area contributed by atoms with Crippen LogP contribution in [0.3, 0.4) is 0 Å². The minimum absolute atomic E-state index is 0.350. The van der Waals surface area contributed by atoms with Crippen molar-refractivity contribution in [1.82, 2.24) is 5.32 Å². The first kappa shape index (κ1) is 17.1. The third kappa shape index (κ3) is 5.50. The van der Waals surface area contributed by atoms with Gasteiger partial charge in [0.05, 0.1) is 18.7 Å². The number of halogens is 4. The zero-order valence-corrected chi connectivity index (χ0v) is 11.0. The molecule has 1 amide bonds. The number of alkyl halides is 2. The summed E-state index contributed by atoms with van der Waals surface area (Å²) in [6, 6.07) is 2.43. The highest BCUT2D eigenvalue weighted by Gasteiger charge is 2.27. The van der Waals surface area contributed by atoms with Crippen molar-refractivity contribution in [3.63, 3.8) is 0 Å². The van der Waals surface area contributed by atoms with Crippen LogP contribution in [0, 0.1) is 11.6 Å². The number of Topliss-reactive ketones (excluding diaryl/α,β-unsaturated/α-hetero) is 1. The summed E-state index contributed by atoms with van der Waals surface area (Å²) in [6.07, 6.45) is -0.751. The second-order valence-electron chi connectivity index (χ2n) is 4.38. The number of benzene rings is 1. The van der Waals surface area contributed by atoms with E-state index < -0.39 is 42.3 Å². The van der Waals surface area contributed by atoms with E-state index in [1.807, 2.05) is 5.32 Å². The number of hydrogen-bond acceptors (Lipinski definition) is 3. The monoisotopic (exact) mass is 306 g/mol. The minimum atomic E-state index is -3.22. The zero-order valence-electron chi connectivity index (χ0n) is 11.0. The molecule has 0 saturated carbocycles. The highest BCUT2D eigenvalue weighted by atomic mass is 19.3. The number of nitrogens with two attached hydrogens (primary N) is 1. The van der Waals surface area contributed by atoms with Gasteiger partial charge >= 0.3 is 0 Å². The Morgan fingerprint density at radius 1 is 1.19 bits per heavy atom. The minimum Gasteiger partial charge on any atom is -0.350 e. The van der Waals surface area contributed by atoms with E-state index in [0.717, 1.165) is 12.1 Å². The number of nitrogens with one attached hydrogen (secondary N) is 1. The van der Waals surface area contributed by atoms with Crippen LogP contribution in [0.5, 0.6) is 0 Å². The Bertz CT molecular complexity index is 535. The lowest BCUT2D eigenvalue weighted by Gasteiger charge is -2.14. The third-order valence-corrected chi connectivity index (χ3v) is 2.65. The van der Waals surface area contributed by atoms with Crippen molar-refractivity contribution in [2.75, 3.05) is 13.1 Å². The lowest BCUT2D eigenvalue weighted by Crippen LogP contribution is -2.41. The Labute approximate surface area is 118 Å². The van der Waals surface area contributed by atoms with Crippen LogP contribution in [0.15, 0.2) is 18.2 Å². The molecule has 0 atom stereocenters. The van der Waals surface area contributed by atoms with Crippen LogP contribution in [-0.4, -0.2) is 30.7 Å². The molecule has 0 aromatic heterocycles. The Morgan fingerprint density at radius 3 is 2.43 bits per heavy atom. The average molecular weight is 306 g/mol. The van der Waals surface area contributed by atoms with E-state index in [0.29, 0.717) is 6.07 Å². The van der Waals surface area contributed by atoms with Gasteiger partial charge in [0.2, 0.25) is 5.91 Å². The standard InChI is InChI=1S/C13H14F4N2O2/c14-8-1-2-9(10(15)5-8)11(20)3-4-12(21)19-7-13(16,17)6-18/h1-2,5H,3-4,6-7,18H2,(H,19,21). The van der Waals surface area contributed by atoms with Gasteiger partial charge in [-0.15, -0.1) is 0 Å². The van der Waals surface area contributed by atoms with Crippen LogP contribution in [0.1, 0.15) is 23.2 Å². The Hall–Kier alpha value is -1.96. The van der Waals surface area contributed by atoms with Crippen molar-refractivity contribution in [2.24, 2.45) is 5.73 Å². The highest BCUT2D eigenvalue weighted by molar-refractivity contribution is 5.98. The van der Waals surface area contributed by atoms with Crippen molar-refractivity contribution < 1.29 is 27.2 Å². The quantitative estimate of drug-likeness (QED) is 0.594. The number of carbonyl (C=O) groups excluding carboxylic acids is 2. The maximum absolute atomic E-state index is 13.3. The molecular formula is C13H14F4N2O2. The van der Waals surface area contributed by atoms with Crippen LogP contribution in [0.2, 0.25) is 0 Å². The third-order valence-electron chi connectivity index (χ3n) is 2.65. The predicted molar refractivity (Wildman–Crippen MR) is 66.9 cm³/mol. The fourth-order valence-electron chi connectivity index (χ4n) is 1.47. The first-order chi connectivity index (χ1) is 9.75. The summed E-state index contributed by atoms with van der Waals surface area (Å²) < 4.78 is 51.5. The maximum atomic E-state index is 13.3. The van der Waals surface area contributed by atoms with Crippen LogP contribution in [0.4, 0.5) is 17.6 Å². The van der Waals surface area contributed by atoms with Gasteiger partial charge in [0, 0.05) is 18.9 Å².